The summed E-state index contributed by atoms with van der Waals surface area (Å²) in [6.07, 6.45) is 3.15. The second-order valence-electron chi connectivity index (χ2n) is 4.08. The van der Waals surface area contributed by atoms with Gasteiger partial charge in [-0.3, -0.25) is 4.99 Å². The number of rotatable bonds is 1. The zero-order chi connectivity index (χ0) is 8.48. The highest BCUT2D eigenvalue weighted by molar-refractivity contribution is 5.82. The summed E-state index contributed by atoms with van der Waals surface area (Å²) < 4.78 is 0. The Bertz CT molecular complexity index is 203. The van der Waals surface area contributed by atoms with E-state index in [2.05, 4.69) is 32.7 Å². The van der Waals surface area contributed by atoms with Crippen LogP contribution >= 0.6 is 0 Å². The molecule has 0 aromatic carbocycles. The molecule has 1 aliphatic heterocycles. The van der Waals surface area contributed by atoms with Crippen LogP contribution < -0.4 is 0 Å². The van der Waals surface area contributed by atoms with Gasteiger partial charge in [-0.1, -0.05) is 27.7 Å². The quantitative estimate of drug-likeness (QED) is 0.546. The maximum Gasteiger partial charge on any atom is 0.0611 e. The van der Waals surface area contributed by atoms with E-state index in [9.17, 15) is 0 Å². The van der Waals surface area contributed by atoms with Crippen LogP contribution in [0.3, 0.4) is 0 Å². The molecule has 1 heteroatoms. The van der Waals surface area contributed by atoms with Gasteiger partial charge in [0, 0.05) is 6.21 Å². The van der Waals surface area contributed by atoms with Crippen LogP contribution in [0, 0.1) is 5.41 Å². The van der Waals surface area contributed by atoms with Gasteiger partial charge in [0.1, 0.15) is 0 Å². The third kappa shape index (κ3) is 1.70. The van der Waals surface area contributed by atoms with Crippen LogP contribution in [0.5, 0.6) is 0 Å². The van der Waals surface area contributed by atoms with E-state index < -0.39 is 0 Å². The lowest BCUT2D eigenvalue weighted by Gasteiger charge is -2.21. The smallest absolute Gasteiger partial charge is 0.0611 e. The molecular weight excluding hydrogens is 134 g/mol. The highest BCUT2D eigenvalue weighted by atomic mass is 14.7. The average Bonchev–Trinajstić information content (AvgIpc) is 2.31. The summed E-state index contributed by atoms with van der Waals surface area (Å²) in [6.45, 7) is 9.89. The summed E-state index contributed by atoms with van der Waals surface area (Å²) in [5.74, 6) is 0. The number of hydrogen-bond donors (Lipinski definition) is 0. The van der Waals surface area contributed by atoms with Crippen molar-refractivity contribution in [1.29, 1.82) is 0 Å². The molecule has 0 atom stereocenters. The molecule has 0 aromatic heterocycles. The molecule has 0 aliphatic carbocycles. The first-order valence-electron chi connectivity index (χ1n) is 4.28. The highest BCUT2D eigenvalue weighted by Gasteiger charge is 2.21. The average molecular weight is 151 g/mol. The predicted molar refractivity (Wildman–Crippen MR) is 50.1 cm³/mol. The van der Waals surface area contributed by atoms with Gasteiger partial charge < -0.3 is 0 Å². The summed E-state index contributed by atoms with van der Waals surface area (Å²) in [5, 5.41) is 0. The fourth-order valence-corrected chi connectivity index (χ4v) is 1.45. The topological polar surface area (TPSA) is 12.4 Å². The fraction of sp³-hybridized carbons (Fsp3) is 0.700. The molecule has 1 heterocycles. The minimum Gasteiger partial charge on any atom is -0.288 e. The minimum absolute atomic E-state index is 0.307. The molecule has 0 amide bonds. The normalized spacial score (nSPS) is 18.2. The monoisotopic (exact) mass is 151 g/mol. The molecule has 1 rings (SSSR count). The minimum atomic E-state index is 0.307. The van der Waals surface area contributed by atoms with Crippen LogP contribution in [0.2, 0.25) is 0 Å². The number of aliphatic imine (C=N–C) groups is 1. The second kappa shape index (κ2) is 2.80. The van der Waals surface area contributed by atoms with Crippen molar-refractivity contribution in [3.8, 4) is 0 Å². The molecule has 0 aromatic rings. The van der Waals surface area contributed by atoms with E-state index in [0.717, 1.165) is 13.0 Å². The van der Waals surface area contributed by atoms with Crippen molar-refractivity contribution in [1.82, 2.24) is 0 Å². The van der Waals surface area contributed by atoms with E-state index in [0.29, 0.717) is 5.41 Å². The molecule has 0 N–H and O–H groups in total. The molecular formula is C10H17N. The van der Waals surface area contributed by atoms with E-state index in [4.69, 9.17) is 0 Å². The molecule has 0 bridgehead atoms. The summed E-state index contributed by atoms with van der Waals surface area (Å²) in [7, 11) is 0. The van der Waals surface area contributed by atoms with Crippen LogP contribution in [-0.2, 0) is 0 Å². The lowest BCUT2D eigenvalue weighted by atomic mass is 9.84. The van der Waals surface area contributed by atoms with Crippen molar-refractivity contribution in [2.75, 3.05) is 6.54 Å². The Morgan fingerprint density at radius 3 is 2.45 bits per heavy atom. The molecule has 0 fully saturated rings. The Hall–Kier alpha value is -0.590. The first-order valence-corrected chi connectivity index (χ1v) is 4.28. The number of allylic oxidation sites excluding steroid dienone is 1. The van der Waals surface area contributed by atoms with Gasteiger partial charge in [0.15, 0.2) is 0 Å². The Kier molecular flexibility index (Phi) is 2.17. The van der Waals surface area contributed by atoms with Crippen LogP contribution in [0.4, 0.5) is 0 Å². The van der Waals surface area contributed by atoms with Crippen molar-refractivity contribution in [3.05, 3.63) is 11.1 Å². The Morgan fingerprint density at radius 1 is 1.45 bits per heavy atom. The van der Waals surface area contributed by atoms with E-state index in [1.54, 1.807) is 0 Å². The van der Waals surface area contributed by atoms with Gasteiger partial charge in [-0.05, 0) is 23.0 Å². The van der Waals surface area contributed by atoms with Gasteiger partial charge in [0.05, 0.1) is 6.54 Å². The van der Waals surface area contributed by atoms with E-state index in [1.807, 2.05) is 6.21 Å². The second-order valence-corrected chi connectivity index (χ2v) is 4.08. The fourth-order valence-electron chi connectivity index (χ4n) is 1.45. The molecule has 0 saturated heterocycles. The summed E-state index contributed by atoms with van der Waals surface area (Å²) >= 11 is 0. The SMILES string of the molecule is CCC1=C(C(C)(C)C)CN=C1. The largest absolute Gasteiger partial charge is 0.288 e. The molecule has 0 radical (unpaired) electrons. The molecule has 0 spiro atoms. The van der Waals surface area contributed by atoms with Gasteiger partial charge in [-0.25, -0.2) is 0 Å². The standard InChI is InChI=1S/C10H17N/c1-5-8-6-11-7-9(8)10(2,3)4/h6H,5,7H2,1-4H3. The van der Waals surface area contributed by atoms with E-state index >= 15 is 0 Å². The summed E-state index contributed by atoms with van der Waals surface area (Å²) in [4.78, 5) is 4.28. The van der Waals surface area contributed by atoms with Crippen LogP contribution in [0.15, 0.2) is 16.1 Å². The molecule has 0 unspecified atom stereocenters. The van der Waals surface area contributed by atoms with Gasteiger partial charge in [-0.2, -0.15) is 0 Å². The molecule has 62 valence electrons. The van der Waals surface area contributed by atoms with Gasteiger partial charge in [-0.15, -0.1) is 0 Å². The van der Waals surface area contributed by atoms with Crippen molar-refractivity contribution in [2.45, 2.75) is 34.1 Å². The lowest BCUT2D eigenvalue weighted by Crippen LogP contribution is -2.12. The third-order valence-corrected chi connectivity index (χ3v) is 2.17. The number of nitrogens with zero attached hydrogens (tertiary/aromatic N) is 1. The van der Waals surface area contributed by atoms with Gasteiger partial charge >= 0.3 is 0 Å². The highest BCUT2D eigenvalue weighted by Crippen LogP contribution is 2.31. The lowest BCUT2D eigenvalue weighted by molar-refractivity contribution is 0.494. The Balaban J connectivity index is 2.88. The number of hydrogen-bond acceptors (Lipinski definition) is 1. The summed E-state index contributed by atoms with van der Waals surface area (Å²) in [5.41, 5.74) is 3.26. The van der Waals surface area contributed by atoms with Crippen LogP contribution in [-0.4, -0.2) is 12.8 Å². The molecule has 1 aliphatic rings. The Labute approximate surface area is 69.2 Å². The zero-order valence-corrected chi connectivity index (χ0v) is 7.94. The van der Waals surface area contributed by atoms with Crippen molar-refractivity contribution < 1.29 is 0 Å². The van der Waals surface area contributed by atoms with E-state index in [-0.39, 0.29) is 0 Å². The van der Waals surface area contributed by atoms with Crippen molar-refractivity contribution >= 4 is 6.21 Å². The molecule has 1 nitrogen and oxygen atoms in total. The van der Waals surface area contributed by atoms with E-state index in [1.165, 1.54) is 11.1 Å². The van der Waals surface area contributed by atoms with Crippen molar-refractivity contribution in [2.24, 2.45) is 10.4 Å². The first-order chi connectivity index (χ1) is 5.05. The predicted octanol–water partition coefficient (Wildman–Crippen LogP) is 2.82. The first kappa shape index (κ1) is 8.51. The van der Waals surface area contributed by atoms with Crippen LogP contribution in [0.25, 0.3) is 0 Å². The zero-order valence-electron chi connectivity index (χ0n) is 7.94. The maximum atomic E-state index is 4.28. The van der Waals surface area contributed by atoms with Gasteiger partial charge in [0.25, 0.3) is 0 Å². The van der Waals surface area contributed by atoms with Gasteiger partial charge in [0.2, 0.25) is 0 Å². The molecule has 11 heavy (non-hydrogen) atoms. The Morgan fingerprint density at radius 2 is 2.09 bits per heavy atom. The maximum absolute atomic E-state index is 4.28. The van der Waals surface area contributed by atoms with Crippen LogP contribution in [0.1, 0.15) is 34.1 Å². The van der Waals surface area contributed by atoms with Crippen molar-refractivity contribution in [3.63, 3.8) is 0 Å². The molecule has 0 saturated carbocycles. The third-order valence-electron chi connectivity index (χ3n) is 2.17. The summed E-state index contributed by atoms with van der Waals surface area (Å²) in [6, 6.07) is 0.